The highest BCUT2D eigenvalue weighted by atomic mass is 16.3. The van der Waals surface area contributed by atoms with E-state index in [-0.39, 0.29) is 0 Å². The number of terminal acetylenes is 1. The molecule has 0 aliphatic heterocycles. The van der Waals surface area contributed by atoms with E-state index in [0.717, 1.165) is 16.7 Å². The van der Waals surface area contributed by atoms with Gasteiger partial charge in [0.25, 0.3) is 0 Å². The summed E-state index contributed by atoms with van der Waals surface area (Å²) in [5, 5.41) is 9.25. The lowest BCUT2D eigenvalue weighted by Crippen LogP contribution is -1.86. The van der Waals surface area contributed by atoms with E-state index in [9.17, 15) is 5.11 Å². The van der Waals surface area contributed by atoms with Crippen LogP contribution < -0.4 is 0 Å². The summed E-state index contributed by atoms with van der Waals surface area (Å²) in [5.74, 6) is 2.86. The zero-order valence-electron chi connectivity index (χ0n) is 6.68. The van der Waals surface area contributed by atoms with E-state index in [4.69, 9.17) is 6.42 Å². The summed E-state index contributed by atoms with van der Waals surface area (Å²) in [6, 6.07) is 3.37. The number of aromatic hydroxyl groups is 1. The first-order valence-electron chi connectivity index (χ1n) is 3.42. The van der Waals surface area contributed by atoms with E-state index in [1.54, 1.807) is 12.1 Å². The van der Waals surface area contributed by atoms with Crippen LogP contribution in [0.3, 0.4) is 0 Å². The number of phenols is 1. The molecule has 0 bridgehead atoms. The molecule has 1 heteroatoms. The molecule has 0 amide bonds. The average Bonchev–Trinajstić information content (AvgIpc) is 2.01. The Morgan fingerprint density at radius 2 is 1.91 bits per heavy atom. The fraction of sp³-hybridized carbons (Fsp3) is 0.200. The fourth-order valence-electron chi connectivity index (χ4n) is 0.963. The van der Waals surface area contributed by atoms with E-state index >= 15 is 0 Å². The van der Waals surface area contributed by atoms with Crippen LogP contribution in [0.25, 0.3) is 0 Å². The summed E-state index contributed by atoms with van der Waals surface area (Å²) >= 11 is 0. The first-order chi connectivity index (χ1) is 5.16. The molecule has 0 aliphatic carbocycles. The Kier molecular flexibility index (Phi) is 1.87. The van der Waals surface area contributed by atoms with Crippen molar-refractivity contribution >= 4 is 0 Å². The number of benzene rings is 1. The van der Waals surface area contributed by atoms with E-state index < -0.39 is 0 Å². The second kappa shape index (κ2) is 2.67. The Balaban J connectivity index is 3.40. The molecule has 1 N–H and O–H groups in total. The van der Waals surface area contributed by atoms with Crippen molar-refractivity contribution in [2.45, 2.75) is 13.8 Å². The van der Waals surface area contributed by atoms with Gasteiger partial charge in [0, 0.05) is 5.56 Å². The van der Waals surface area contributed by atoms with Crippen LogP contribution in [0, 0.1) is 26.2 Å². The van der Waals surface area contributed by atoms with E-state index in [1.165, 1.54) is 0 Å². The molecule has 0 unspecified atom stereocenters. The van der Waals surface area contributed by atoms with Gasteiger partial charge in [-0.05, 0) is 37.1 Å². The highest BCUT2D eigenvalue weighted by Gasteiger charge is 2.01. The second-order valence-electron chi connectivity index (χ2n) is 2.53. The topological polar surface area (TPSA) is 20.2 Å². The number of hydrogen-bond donors (Lipinski definition) is 1. The van der Waals surface area contributed by atoms with Gasteiger partial charge in [0.2, 0.25) is 0 Å². The number of rotatable bonds is 0. The van der Waals surface area contributed by atoms with Gasteiger partial charge < -0.3 is 5.11 Å². The zero-order chi connectivity index (χ0) is 8.43. The van der Waals surface area contributed by atoms with E-state index in [0.29, 0.717) is 5.75 Å². The van der Waals surface area contributed by atoms with Crippen LogP contribution in [-0.2, 0) is 0 Å². The van der Waals surface area contributed by atoms with Crippen LogP contribution in [0.1, 0.15) is 16.7 Å². The summed E-state index contributed by atoms with van der Waals surface area (Å²) in [4.78, 5) is 0. The van der Waals surface area contributed by atoms with Crippen molar-refractivity contribution in [3.63, 3.8) is 0 Å². The van der Waals surface area contributed by atoms with Gasteiger partial charge in [0.15, 0.2) is 0 Å². The van der Waals surface area contributed by atoms with Gasteiger partial charge >= 0.3 is 0 Å². The van der Waals surface area contributed by atoms with Gasteiger partial charge in [-0.2, -0.15) is 0 Å². The fourth-order valence-corrected chi connectivity index (χ4v) is 0.963. The molecule has 1 rings (SSSR count). The third-order valence-corrected chi connectivity index (χ3v) is 1.91. The molecule has 56 valence electrons. The standard InChI is InChI=1S/C10H10O/c1-4-9-5-6-10(11)8(3)7(9)2/h1,5-6,11H,2-3H3. The van der Waals surface area contributed by atoms with Gasteiger partial charge in [-0.3, -0.25) is 0 Å². The third-order valence-electron chi connectivity index (χ3n) is 1.91. The van der Waals surface area contributed by atoms with Crippen LogP contribution in [0.4, 0.5) is 0 Å². The Labute approximate surface area is 66.7 Å². The van der Waals surface area contributed by atoms with Gasteiger partial charge in [-0.15, -0.1) is 6.42 Å². The average molecular weight is 146 g/mol. The van der Waals surface area contributed by atoms with E-state index in [1.807, 2.05) is 13.8 Å². The monoisotopic (exact) mass is 146 g/mol. The summed E-state index contributed by atoms with van der Waals surface area (Å²) in [6.45, 7) is 3.76. The summed E-state index contributed by atoms with van der Waals surface area (Å²) in [6.07, 6.45) is 5.24. The number of phenolic OH excluding ortho intramolecular Hbond substituents is 1. The van der Waals surface area contributed by atoms with Gasteiger partial charge in [-0.25, -0.2) is 0 Å². The summed E-state index contributed by atoms with van der Waals surface area (Å²) in [5.41, 5.74) is 2.69. The summed E-state index contributed by atoms with van der Waals surface area (Å²) in [7, 11) is 0. The van der Waals surface area contributed by atoms with Crippen LogP contribution in [0.15, 0.2) is 12.1 Å². The van der Waals surface area contributed by atoms with Gasteiger partial charge in [0.1, 0.15) is 5.75 Å². The predicted octanol–water partition coefficient (Wildman–Crippen LogP) is 1.99. The molecule has 0 atom stereocenters. The lowest BCUT2D eigenvalue weighted by atomic mass is 10.0. The van der Waals surface area contributed by atoms with E-state index in [2.05, 4.69) is 5.92 Å². The molecule has 0 heterocycles. The molecule has 0 saturated heterocycles. The van der Waals surface area contributed by atoms with Crippen LogP contribution in [-0.4, -0.2) is 5.11 Å². The molecule has 1 aromatic carbocycles. The Bertz CT molecular complexity index is 318. The van der Waals surface area contributed by atoms with Crippen molar-refractivity contribution in [2.24, 2.45) is 0 Å². The molecule has 11 heavy (non-hydrogen) atoms. The number of hydrogen-bond acceptors (Lipinski definition) is 1. The first-order valence-corrected chi connectivity index (χ1v) is 3.42. The van der Waals surface area contributed by atoms with Crippen molar-refractivity contribution < 1.29 is 5.11 Å². The highest BCUT2D eigenvalue weighted by molar-refractivity contribution is 5.48. The normalized spacial score (nSPS) is 9.18. The van der Waals surface area contributed by atoms with Crippen LogP contribution >= 0.6 is 0 Å². The van der Waals surface area contributed by atoms with Crippen LogP contribution in [0.5, 0.6) is 5.75 Å². The predicted molar refractivity (Wildman–Crippen MR) is 45.5 cm³/mol. The Morgan fingerprint density at radius 3 is 2.45 bits per heavy atom. The summed E-state index contributed by atoms with van der Waals surface area (Å²) < 4.78 is 0. The molecule has 0 saturated carbocycles. The largest absolute Gasteiger partial charge is 0.508 e. The smallest absolute Gasteiger partial charge is 0.118 e. The molecular weight excluding hydrogens is 136 g/mol. The maximum Gasteiger partial charge on any atom is 0.118 e. The third kappa shape index (κ3) is 1.20. The first kappa shape index (κ1) is 7.68. The maximum atomic E-state index is 9.25. The molecule has 0 fully saturated rings. The molecule has 1 aromatic rings. The maximum absolute atomic E-state index is 9.25. The highest BCUT2D eigenvalue weighted by Crippen LogP contribution is 2.21. The van der Waals surface area contributed by atoms with Crippen molar-refractivity contribution in [2.75, 3.05) is 0 Å². The molecule has 0 radical (unpaired) electrons. The van der Waals surface area contributed by atoms with Gasteiger partial charge in [-0.1, -0.05) is 5.92 Å². The molecule has 0 aromatic heterocycles. The second-order valence-corrected chi connectivity index (χ2v) is 2.53. The van der Waals surface area contributed by atoms with Crippen molar-refractivity contribution in [1.82, 2.24) is 0 Å². The Hall–Kier alpha value is -1.42. The molecular formula is C10H10O. The Morgan fingerprint density at radius 1 is 1.27 bits per heavy atom. The SMILES string of the molecule is C#Cc1ccc(O)c(C)c1C. The lowest BCUT2D eigenvalue weighted by molar-refractivity contribution is 0.470. The van der Waals surface area contributed by atoms with Crippen LogP contribution in [0.2, 0.25) is 0 Å². The minimum Gasteiger partial charge on any atom is -0.508 e. The minimum absolute atomic E-state index is 0.307. The van der Waals surface area contributed by atoms with Crippen molar-refractivity contribution in [3.8, 4) is 18.1 Å². The van der Waals surface area contributed by atoms with Gasteiger partial charge in [0.05, 0.1) is 0 Å². The zero-order valence-corrected chi connectivity index (χ0v) is 6.68. The van der Waals surface area contributed by atoms with Crippen molar-refractivity contribution in [3.05, 3.63) is 28.8 Å². The molecule has 1 nitrogen and oxygen atoms in total. The molecule has 0 spiro atoms. The quantitative estimate of drug-likeness (QED) is 0.555. The molecule has 0 aliphatic rings. The lowest BCUT2D eigenvalue weighted by Gasteiger charge is -2.04. The van der Waals surface area contributed by atoms with Crippen molar-refractivity contribution in [1.29, 1.82) is 0 Å². The minimum atomic E-state index is 0.307.